The molecule has 0 bridgehead atoms. The summed E-state index contributed by atoms with van der Waals surface area (Å²) >= 11 is 1.19. The molecule has 34 heavy (non-hydrogen) atoms. The van der Waals surface area contributed by atoms with Crippen LogP contribution in [-0.4, -0.2) is 53.1 Å². The molecular weight excluding hydrogens is 474 g/mol. The van der Waals surface area contributed by atoms with Gasteiger partial charge in [-0.05, 0) is 56.3 Å². The molecule has 4 aromatic heterocycles. The minimum absolute atomic E-state index is 0.0758. The van der Waals surface area contributed by atoms with E-state index in [4.69, 9.17) is 9.40 Å². The first-order chi connectivity index (χ1) is 16.3. The minimum Gasteiger partial charge on any atom is -0.463 e. The van der Waals surface area contributed by atoms with Gasteiger partial charge in [0.1, 0.15) is 9.90 Å². The average molecular weight is 500 g/mol. The van der Waals surface area contributed by atoms with Gasteiger partial charge in [0.15, 0.2) is 11.4 Å². The molecular formula is C23H25N5O4S2. The number of pyridine rings is 1. The van der Waals surface area contributed by atoms with E-state index < -0.39 is 10.0 Å². The van der Waals surface area contributed by atoms with Crippen molar-refractivity contribution in [2.24, 2.45) is 0 Å². The molecule has 0 spiro atoms. The molecule has 1 aliphatic heterocycles. The summed E-state index contributed by atoms with van der Waals surface area (Å²) in [5.74, 6) is 0.456. The zero-order chi connectivity index (χ0) is 23.9. The van der Waals surface area contributed by atoms with Crippen molar-refractivity contribution in [3.8, 4) is 11.5 Å². The van der Waals surface area contributed by atoms with Crippen molar-refractivity contribution in [2.75, 3.05) is 13.1 Å². The monoisotopic (exact) mass is 499 g/mol. The lowest BCUT2D eigenvalue weighted by molar-refractivity contribution is 0.0713. The van der Waals surface area contributed by atoms with Gasteiger partial charge in [-0.2, -0.15) is 5.10 Å². The Hall–Kier alpha value is -3.02. The van der Waals surface area contributed by atoms with E-state index in [0.717, 1.165) is 0 Å². The first kappa shape index (κ1) is 22.8. The number of likely N-dealkylation sites (tertiary alicyclic amines) is 1. The van der Waals surface area contributed by atoms with Crippen LogP contribution in [0.2, 0.25) is 0 Å². The van der Waals surface area contributed by atoms with E-state index in [2.05, 4.69) is 9.82 Å². The van der Waals surface area contributed by atoms with Crippen LogP contribution < -0.4 is 4.72 Å². The summed E-state index contributed by atoms with van der Waals surface area (Å²) < 4.78 is 35.5. The number of thiophene rings is 1. The quantitative estimate of drug-likeness (QED) is 0.431. The fourth-order valence-corrected chi connectivity index (χ4v) is 6.50. The second-order valence-corrected chi connectivity index (χ2v) is 11.5. The second kappa shape index (κ2) is 8.97. The van der Waals surface area contributed by atoms with E-state index in [1.165, 1.54) is 11.3 Å². The maximum Gasteiger partial charge on any atom is 0.254 e. The first-order valence-corrected chi connectivity index (χ1v) is 13.5. The van der Waals surface area contributed by atoms with E-state index in [9.17, 15) is 13.2 Å². The molecule has 1 saturated heterocycles. The summed E-state index contributed by atoms with van der Waals surface area (Å²) in [7, 11) is -3.54. The number of amides is 1. The number of nitrogens with one attached hydrogen (secondary N) is 1. The van der Waals surface area contributed by atoms with Gasteiger partial charge in [-0.25, -0.2) is 22.8 Å². The molecule has 1 aliphatic rings. The molecule has 9 nitrogen and oxygen atoms in total. The Morgan fingerprint density at radius 2 is 2.03 bits per heavy atom. The average Bonchev–Trinajstić information content (AvgIpc) is 3.59. The number of sulfonamides is 1. The van der Waals surface area contributed by atoms with Gasteiger partial charge in [0, 0.05) is 25.2 Å². The molecule has 5 heterocycles. The van der Waals surface area contributed by atoms with E-state index in [1.807, 2.05) is 19.9 Å². The number of hydrogen-bond acceptors (Lipinski definition) is 7. The van der Waals surface area contributed by atoms with E-state index in [-0.39, 0.29) is 18.0 Å². The molecule has 1 amide bonds. The van der Waals surface area contributed by atoms with Crippen LogP contribution in [0.25, 0.3) is 22.5 Å². The van der Waals surface area contributed by atoms with Crippen LogP contribution in [0.1, 0.15) is 43.1 Å². The fourth-order valence-electron chi connectivity index (χ4n) is 4.19. The first-order valence-electron chi connectivity index (χ1n) is 11.1. The number of furan rings is 1. The van der Waals surface area contributed by atoms with Crippen LogP contribution in [0.3, 0.4) is 0 Å². The minimum atomic E-state index is -3.54. The highest BCUT2D eigenvalue weighted by molar-refractivity contribution is 7.91. The van der Waals surface area contributed by atoms with Crippen molar-refractivity contribution in [1.82, 2.24) is 24.4 Å². The van der Waals surface area contributed by atoms with Gasteiger partial charge in [0.25, 0.3) is 5.91 Å². The maximum absolute atomic E-state index is 13.6. The Labute approximate surface area is 201 Å². The van der Waals surface area contributed by atoms with Crippen LogP contribution in [0.15, 0.2) is 56.8 Å². The highest BCUT2D eigenvalue weighted by Crippen LogP contribution is 2.28. The van der Waals surface area contributed by atoms with Crippen molar-refractivity contribution < 1.29 is 17.6 Å². The maximum atomic E-state index is 13.6. The van der Waals surface area contributed by atoms with Gasteiger partial charge in [-0.1, -0.05) is 6.07 Å². The number of hydrogen-bond donors (Lipinski definition) is 1. The molecule has 0 aliphatic carbocycles. The third-order valence-electron chi connectivity index (χ3n) is 5.92. The van der Waals surface area contributed by atoms with Gasteiger partial charge in [0.2, 0.25) is 10.0 Å². The number of carbonyl (C=O) groups excluding carboxylic acids is 1. The largest absolute Gasteiger partial charge is 0.463 e. The molecule has 0 atom stereocenters. The van der Waals surface area contributed by atoms with E-state index in [1.54, 1.807) is 51.7 Å². The third-order valence-corrected chi connectivity index (χ3v) is 8.84. The molecule has 5 rings (SSSR count). The van der Waals surface area contributed by atoms with Crippen LogP contribution in [0.4, 0.5) is 0 Å². The number of fused-ring (bicyclic) bond motifs is 1. The summed E-state index contributed by atoms with van der Waals surface area (Å²) in [6.45, 7) is 4.93. The van der Waals surface area contributed by atoms with Crippen molar-refractivity contribution in [3.05, 3.63) is 53.7 Å². The second-order valence-electron chi connectivity index (χ2n) is 8.57. The summed E-state index contributed by atoms with van der Waals surface area (Å²) in [5, 5.41) is 6.89. The predicted octanol–water partition coefficient (Wildman–Crippen LogP) is 3.92. The van der Waals surface area contributed by atoms with Crippen molar-refractivity contribution >= 4 is 38.3 Å². The summed E-state index contributed by atoms with van der Waals surface area (Å²) in [6, 6.07) is 8.51. The van der Waals surface area contributed by atoms with Crippen LogP contribution >= 0.6 is 11.3 Å². The van der Waals surface area contributed by atoms with E-state index in [0.29, 0.717) is 58.2 Å². The zero-order valence-electron chi connectivity index (χ0n) is 18.8. The van der Waals surface area contributed by atoms with Gasteiger partial charge < -0.3 is 9.32 Å². The summed E-state index contributed by atoms with van der Waals surface area (Å²) in [4.78, 5) is 20.1. The molecule has 11 heteroatoms. The lowest BCUT2D eigenvalue weighted by Gasteiger charge is -2.32. The molecule has 0 radical (unpaired) electrons. The van der Waals surface area contributed by atoms with Crippen molar-refractivity contribution in [3.63, 3.8) is 0 Å². The Morgan fingerprint density at radius 1 is 1.24 bits per heavy atom. The number of nitrogens with zero attached hydrogens (tertiary/aromatic N) is 4. The fraction of sp³-hybridized carbons (Fsp3) is 0.348. The summed E-state index contributed by atoms with van der Waals surface area (Å²) in [6.07, 6.45) is 4.34. The van der Waals surface area contributed by atoms with Gasteiger partial charge in [0.05, 0.1) is 23.4 Å². The van der Waals surface area contributed by atoms with Gasteiger partial charge >= 0.3 is 0 Å². The smallest absolute Gasteiger partial charge is 0.254 e. The number of aromatic nitrogens is 3. The SMILES string of the molecule is CC(C)n1ncc2c(C(=O)N3CCC(NS(=O)(=O)c4cccs4)CC3)cc(-c3ccco3)nc21. The van der Waals surface area contributed by atoms with Crippen LogP contribution in [0.5, 0.6) is 0 Å². The molecule has 0 unspecified atom stereocenters. The van der Waals surface area contributed by atoms with E-state index >= 15 is 0 Å². The number of carbonyl (C=O) groups is 1. The summed E-state index contributed by atoms with van der Waals surface area (Å²) in [5.41, 5.74) is 1.72. The van der Waals surface area contributed by atoms with Gasteiger partial charge in [-0.3, -0.25) is 4.79 Å². The Bertz CT molecular complexity index is 1400. The highest BCUT2D eigenvalue weighted by atomic mass is 32.2. The topological polar surface area (TPSA) is 110 Å². The van der Waals surface area contributed by atoms with Crippen LogP contribution in [0, 0.1) is 0 Å². The number of piperidine rings is 1. The Morgan fingerprint density at radius 3 is 2.68 bits per heavy atom. The Kier molecular flexibility index (Phi) is 6.00. The molecule has 1 N–H and O–H groups in total. The van der Waals surface area contributed by atoms with Gasteiger partial charge in [-0.15, -0.1) is 11.3 Å². The number of rotatable bonds is 6. The molecule has 0 aromatic carbocycles. The normalized spacial score (nSPS) is 15.4. The molecule has 0 saturated carbocycles. The lowest BCUT2D eigenvalue weighted by Crippen LogP contribution is -2.46. The standard InChI is InChI=1S/C23H25N5O4S2/c1-15(2)28-22-18(14-24-28)17(13-19(25-22)20-5-3-11-32-20)23(29)27-9-7-16(8-10-27)26-34(30,31)21-6-4-12-33-21/h3-6,11-16,26H,7-10H2,1-2H3. The lowest BCUT2D eigenvalue weighted by atomic mass is 10.0. The molecule has 4 aromatic rings. The zero-order valence-corrected chi connectivity index (χ0v) is 20.5. The van der Waals surface area contributed by atoms with Crippen molar-refractivity contribution in [2.45, 2.75) is 43.0 Å². The van der Waals surface area contributed by atoms with Crippen molar-refractivity contribution in [1.29, 1.82) is 0 Å². The molecule has 1 fully saturated rings. The third kappa shape index (κ3) is 4.26. The molecule has 178 valence electrons. The predicted molar refractivity (Wildman–Crippen MR) is 129 cm³/mol. The Balaban J connectivity index is 1.39. The highest BCUT2D eigenvalue weighted by Gasteiger charge is 2.29. The van der Waals surface area contributed by atoms with Crippen LogP contribution in [-0.2, 0) is 10.0 Å².